The molecule has 2 aromatic rings. The summed E-state index contributed by atoms with van der Waals surface area (Å²) in [5, 5.41) is 0. The summed E-state index contributed by atoms with van der Waals surface area (Å²) in [6, 6.07) is 9.63. The highest BCUT2D eigenvalue weighted by Gasteiger charge is 2.36. The fourth-order valence-electron chi connectivity index (χ4n) is 3.42. The topological polar surface area (TPSA) is 80.8 Å². The Hall–Kier alpha value is -3.28. The van der Waals surface area contributed by atoms with Crippen molar-refractivity contribution in [1.82, 2.24) is 4.90 Å². The number of fused-ring (bicyclic) bond motifs is 1. The lowest BCUT2D eigenvalue weighted by Gasteiger charge is -2.14. The molecule has 162 valence electrons. The number of Topliss-reactive ketones (excluding diaryl/α,β-unsaturated/α-hetero) is 1. The van der Waals surface area contributed by atoms with Crippen LogP contribution in [0.25, 0.3) is 0 Å². The van der Waals surface area contributed by atoms with Gasteiger partial charge in [0, 0.05) is 12.1 Å². The van der Waals surface area contributed by atoms with Crippen LogP contribution in [0.15, 0.2) is 36.4 Å². The van der Waals surface area contributed by atoms with E-state index in [9.17, 15) is 19.2 Å². The van der Waals surface area contributed by atoms with Gasteiger partial charge in [-0.1, -0.05) is 26.0 Å². The highest BCUT2D eigenvalue weighted by molar-refractivity contribution is 6.22. The summed E-state index contributed by atoms with van der Waals surface area (Å²) >= 11 is 0. The number of imide groups is 1. The number of amides is 2. The largest absolute Gasteiger partial charge is 0.451 e. The molecule has 31 heavy (non-hydrogen) atoms. The molecule has 0 saturated heterocycles. The quantitative estimate of drug-likeness (QED) is 0.377. The molecular weight excluding hydrogens is 394 g/mol. The van der Waals surface area contributed by atoms with Gasteiger partial charge in [0.05, 0.1) is 16.7 Å². The second kappa shape index (κ2) is 8.84. The van der Waals surface area contributed by atoms with E-state index in [1.807, 2.05) is 33.8 Å². The van der Waals surface area contributed by atoms with Gasteiger partial charge >= 0.3 is 5.97 Å². The van der Waals surface area contributed by atoms with Gasteiger partial charge in [-0.05, 0) is 68.5 Å². The summed E-state index contributed by atoms with van der Waals surface area (Å²) in [4.78, 5) is 51.7. The zero-order valence-electron chi connectivity index (χ0n) is 18.5. The maximum absolute atomic E-state index is 12.7. The third-order valence-corrected chi connectivity index (χ3v) is 5.58. The molecule has 0 spiro atoms. The van der Waals surface area contributed by atoms with E-state index < -0.39 is 18.0 Å². The molecule has 0 radical (unpaired) electrons. The first-order chi connectivity index (χ1) is 14.6. The Bertz CT molecular complexity index is 1070. The van der Waals surface area contributed by atoms with Gasteiger partial charge in [-0.25, -0.2) is 4.79 Å². The summed E-state index contributed by atoms with van der Waals surface area (Å²) in [5.41, 5.74) is 3.12. The van der Waals surface area contributed by atoms with Crippen molar-refractivity contribution in [3.8, 4) is 0 Å². The average molecular weight is 421 g/mol. The second-order valence-corrected chi connectivity index (χ2v) is 8.42. The zero-order valence-corrected chi connectivity index (χ0v) is 18.5. The molecule has 6 heteroatoms. The third-order valence-electron chi connectivity index (χ3n) is 5.58. The van der Waals surface area contributed by atoms with Crippen LogP contribution in [-0.4, -0.2) is 41.1 Å². The molecule has 0 unspecified atom stereocenters. The Balaban J connectivity index is 1.74. The van der Waals surface area contributed by atoms with Crippen LogP contribution in [-0.2, 0) is 4.74 Å². The minimum Gasteiger partial charge on any atom is -0.451 e. The number of carbonyl (C=O) groups is 4. The molecule has 1 aliphatic heterocycles. The Morgan fingerprint density at radius 2 is 1.52 bits per heavy atom. The van der Waals surface area contributed by atoms with Crippen LogP contribution in [0.3, 0.4) is 0 Å². The van der Waals surface area contributed by atoms with Gasteiger partial charge in [0.2, 0.25) is 5.78 Å². The molecule has 0 saturated carbocycles. The van der Waals surface area contributed by atoms with Crippen molar-refractivity contribution >= 4 is 23.6 Å². The Labute approximate surface area is 182 Å². The van der Waals surface area contributed by atoms with Crippen molar-refractivity contribution in [2.75, 3.05) is 6.54 Å². The second-order valence-electron chi connectivity index (χ2n) is 8.42. The fraction of sp³-hybridized carbons (Fsp3) is 0.360. The lowest BCUT2D eigenvalue weighted by Crippen LogP contribution is -2.31. The number of hydrogen-bond donors (Lipinski definition) is 0. The third kappa shape index (κ3) is 4.58. The molecule has 0 aromatic heterocycles. The van der Waals surface area contributed by atoms with Crippen molar-refractivity contribution < 1.29 is 23.9 Å². The van der Waals surface area contributed by atoms with Crippen LogP contribution in [0.2, 0.25) is 0 Å². The molecule has 0 N–H and O–H groups in total. The lowest BCUT2D eigenvalue weighted by molar-refractivity contribution is 0.0318. The van der Waals surface area contributed by atoms with Gasteiger partial charge in [0.15, 0.2) is 6.10 Å². The van der Waals surface area contributed by atoms with Gasteiger partial charge in [0.25, 0.3) is 11.8 Å². The predicted octanol–water partition coefficient (Wildman–Crippen LogP) is 4.37. The van der Waals surface area contributed by atoms with Crippen LogP contribution < -0.4 is 0 Å². The number of nitrogens with zero attached hydrogens (tertiary/aromatic N) is 1. The summed E-state index contributed by atoms with van der Waals surface area (Å²) < 4.78 is 5.35. The SMILES string of the molecule is Cc1ccc(C(=O)[C@@H](C)OC(=O)c2ccc3c(c2)C(=O)N(CCC(C)C)C3=O)cc1C. The molecule has 2 amide bonds. The molecular formula is C25H27NO5. The lowest BCUT2D eigenvalue weighted by atomic mass is 10.0. The first-order valence-electron chi connectivity index (χ1n) is 10.4. The average Bonchev–Trinajstić information content (AvgIpc) is 2.97. The molecule has 0 fully saturated rings. The van der Waals surface area contributed by atoms with Gasteiger partial charge in [-0.3, -0.25) is 19.3 Å². The fourth-order valence-corrected chi connectivity index (χ4v) is 3.42. The number of ketones is 1. The number of esters is 1. The van der Waals surface area contributed by atoms with Crippen molar-refractivity contribution in [2.45, 2.75) is 47.1 Å². The van der Waals surface area contributed by atoms with E-state index in [1.54, 1.807) is 12.1 Å². The highest BCUT2D eigenvalue weighted by atomic mass is 16.5. The normalized spacial score (nSPS) is 14.1. The Morgan fingerprint density at radius 3 is 2.16 bits per heavy atom. The summed E-state index contributed by atoms with van der Waals surface area (Å²) in [7, 11) is 0. The number of carbonyl (C=O) groups excluding carboxylic acids is 4. The van der Waals surface area contributed by atoms with Crippen molar-refractivity contribution in [3.05, 3.63) is 69.8 Å². The molecule has 1 atom stereocenters. The van der Waals surface area contributed by atoms with E-state index in [0.29, 0.717) is 24.4 Å². The zero-order chi connectivity index (χ0) is 22.9. The number of aryl methyl sites for hydroxylation is 2. The number of benzene rings is 2. The predicted molar refractivity (Wildman–Crippen MR) is 116 cm³/mol. The van der Waals surface area contributed by atoms with Crippen LogP contribution in [0.5, 0.6) is 0 Å². The highest BCUT2D eigenvalue weighted by Crippen LogP contribution is 2.25. The Morgan fingerprint density at radius 1 is 0.871 bits per heavy atom. The molecule has 3 rings (SSSR count). The van der Waals surface area contributed by atoms with Crippen LogP contribution in [0.4, 0.5) is 0 Å². The number of ether oxygens (including phenoxy) is 1. The molecule has 0 bridgehead atoms. The first kappa shape index (κ1) is 22.4. The van der Waals surface area contributed by atoms with Gasteiger partial charge < -0.3 is 4.74 Å². The number of hydrogen-bond acceptors (Lipinski definition) is 5. The van der Waals surface area contributed by atoms with Crippen LogP contribution in [0.1, 0.15) is 79.8 Å². The van der Waals surface area contributed by atoms with E-state index >= 15 is 0 Å². The van der Waals surface area contributed by atoms with Gasteiger partial charge in [-0.2, -0.15) is 0 Å². The molecule has 1 heterocycles. The number of rotatable bonds is 7. The monoisotopic (exact) mass is 421 g/mol. The summed E-state index contributed by atoms with van der Waals surface area (Å²) in [6.45, 7) is 9.77. The maximum Gasteiger partial charge on any atom is 0.338 e. The van der Waals surface area contributed by atoms with Crippen molar-refractivity contribution in [1.29, 1.82) is 0 Å². The molecule has 1 aliphatic rings. The standard InChI is InChI=1S/C25H27NO5/c1-14(2)10-11-26-23(28)20-9-8-19(13-21(20)24(26)29)25(30)31-17(5)22(27)18-7-6-15(3)16(4)12-18/h6-9,12-14,17H,10-11H2,1-5H3/t17-/m1/s1. The van der Waals surface area contributed by atoms with E-state index in [2.05, 4.69) is 0 Å². The molecule has 6 nitrogen and oxygen atoms in total. The van der Waals surface area contributed by atoms with E-state index in [0.717, 1.165) is 11.1 Å². The maximum atomic E-state index is 12.7. The first-order valence-corrected chi connectivity index (χ1v) is 10.4. The minimum absolute atomic E-state index is 0.130. The smallest absolute Gasteiger partial charge is 0.338 e. The summed E-state index contributed by atoms with van der Waals surface area (Å²) in [6.07, 6.45) is -0.277. The summed E-state index contributed by atoms with van der Waals surface area (Å²) in [5.74, 6) is -1.42. The molecule has 0 aliphatic carbocycles. The minimum atomic E-state index is -0.984. The van der Waals surface area contributed by atoms with E-state index in [1.165, 1.54) is 30.0 Å². The van der Waals surface area contributed by atoms with E-state index in [4.69, 9.17) is 4.74 Å². The molecule has 2 aromatic carbocycles. The Kier molecular flexibility index (Phi) is 6.39. The van der Waals surface area contributed by atoms with Gasteiger partial charge in [-0.15, -0.1) is 0 Å². The van der Waals surface area contributed by atoms with Crippen LogP contribution >= 0.6 is 0 Å². The van der Waals surface area contributed by atoms with E-state index in [-0.39, 0.29) is 28.4 Å². The van der Waals surface area contributed by atoms with Gasteiger partial charge in [0.1, 0.15) is 0 Å². The van der Waals surface area contributed by atoms with Crippen LogP contribution in [0, 0.1) is 19.8 Å². The van der Waals surface area contributed by atoms with Crippen molar-refractivity contribution in [2.24, 2.45) is 5.92 Å². The van der Waals surface area contributed by atoms with Crippen molar-refractivity contribution in [3.63, 3.8) is 0 Å².